The zero-order valence-corrected chi connectivity index (χ0v) is 22.7. The van der Waals surface area contributed by atoms with Gasteiger partial charge in [0.25, 0.3) is 0 Å². The maximum Gasteiger partial charge on any atom is 0.0620 e. The molecule has 184 valence electrons. The summed E-state index contributed by atoms with van der Waals surface area (Å²) < 4.78 is 2.55. The lowest BCUT2D eigenvalue weighted by molar-refractivity contribution is 0.661. The van der Waals surface area contributed by atoms with Crippen LogP contribution in [-0.4, -0.2) is 4.40 Å². The number of rotatable bonds is 2. The third-order valence-electron chi connectivity index (χ3n) is 9.58. The van der Waals surface area contributed by atoms with E-state index in [1.807, 2.05) is 0 Å². The van der Waals surface area contributed by atoms with Crippen LogP contribution in [0.2, 0.25) is 0 Å². The molecule has 0 spiro atoms. The summed E-state index contributed by atoms with van der Waals surface area (Å²) in [5, 5.41) is 5.51. The van der Waals surface area contributed by atoms with Gasteiger partial charge in [-0.2, -0.15) is 0 Å². The molecule has 0 radical (unpaired) electrons. The lowest BCUT2D eigenvalue weighted by Crippen LogP contribution is -2.16. The average molecular weight is 490 g/mol. The van der Waals surface area contributed by atoms with Crippen LogP contribution in [0.3, 0.4) is 0 Å². The topological polar surface area (TPSA) is 4.41 Å². The highest BCUT2D eigenvalue weighted by Crippen LogP contribution is 2.56. The quantitative estimate of drug-likeness (QED) is 0.228. The molecule has 0 saturated heterocycles. The van der Waals surface area contributed by atoms with E-state index in [0.29, 0.717) is 0 Å². The monoisotopic (exact) mass is 489 g/mol. The van der Waals surface area contributed by atoms with Crippen molar-refractivity contribution in [1.82, 2.24) is 4.40 Å². The summed E-state index contributed by atoms with van der Waals surface area (Å²) in [6, 6.07) is 25.3. The van der Waals surface area contributed by atoms with E-state index in [-0.39, 0.29) is 10.8 Å². The minimum atomic E-state index is -0.121. The molecule has 0 atom stereocenters. The Kier molecular flexibility index (Phi) is 3.96. The fourth-order valence-electron chi connectivity index (χ4n) is 8.13. The van der Waals surface area contributed by atoms with Gasteiger partial charge >= 0.3 is 0 Å². The Morgan fingerprint density at radius 1 is 0.684 bits per heavy atom. The first-order chi connectivity index (χ1) is 18.3. The zero-order valence-electron chi connectivity index (χ0n) is 22.7. The lowest BCUT2D eigenvalue weighted by atomic mass is 9.79. The smallest absolute Gasteiger partial charge is 0.0620 e. The van der Waals surface area contributed by atoms with E-state index in [0.717, 1.165) is 0 Å². The summed E-state index contributed by atoms with van der Waals surface area (Å²) in [5.41, 5.74) is 14.8. The molecule has 1 heteroatoms. The van der Waals surface area contributed by atoms with Crippen LogP contribution in [0.4, 0.5) is 0 Å². The highest BCUT2D eigenvalue weighted by atomic mass is 14.9. The van der Waals surface area contributed by atoms with Crippen molar-refractivity contribution in [3.63, 3.8) is 0 Å². The van der Waals surface area contributed by atoms with Gasteiger partial charge in [-0.1, -0.05) is 107 Å². The Bertz CT molecular complexity index is 2090. The minimum Gasteiger partial charge on any atom is -0.308 e. The van der Waals surface area contributed by atoms with Crippen molar-refractivity contribution >= 4 is 43.7 Å². The molecular weight excluding hydrogens is 458 g/mol. The molecule has 38 heavy (non-hydrogen) atoms. The zero-order chi connectivity index (χ0) is 26.1. The summed E-state index contributed by atoms with van der Waals surface area (Å²) in [4.78, 5) is 0. The molecule has 8 rings (SSSR count). The van der Waals surface area contributed by atoms with Gasteiger partial charge in [0.15, 0.2) is 0 Å². The third-order valence-corrected chi connectivity index (χ3v) is 9.58. The fraction of sp³-hybridized carbons (Fsp3) is 0.189. The molecule has 0 amide bonds. The predicted molar refractivity (Wildman–Crippen MR) is 164 cm³/mol. The van der Waals surface area contributed by atoms with Crippen molar-refractivity contribution in [2.75, 3.05) is 0 Å². The number of fused-ring (bicyclic) bond motifs is 12. The van der Waals surface area contributed by atoms with Gasteiger partial charge in [0.2, 0.25) is 0 Å². The lowest BCUT2D eigenvalue weighted by Gasteiger charge is -2.24. The van der Waals surface area contributed by atoms with Gasteiger partial charge in [-0.05, 0) is 63.6 Å². The Labute approximate surface area is 223 Å². The molecule has 0 saturated carbocycles. The maximum atomic E-state index is 4.22. The first-order valence-electron chi connectivity index (χ1n) is 13.7. The van der Waals surface area contributed by atoms with Gasteiger partial charge < -0.3 is 4.40 Å². The molecule has 2 aliphatic carbocycles. The number of nitrogens with zero attached hydrogens (tertiary/aromatic N) is 1. The second-order valence-corrected chi connectivity index (χ2v) is 12.1. The van der Waals surface area contributed by atoms with E-state index < -0.39 is 0 Å². The van der Waals surface area contributed by atoms with Gasteiger partial charge in [-0.15, -0.1) is 0 Å². The van der Waals surface area contributed by atoms with Crippen LogP contribution in [0.25, 0.3) is 54.8 Å². The summed E-state index contributed by atoms with van der Waals surface area (Å²) in [6.07, 6.45) is 6.47. The summed E-state index contributed by atoms with van der Waals surface area (Å²) >= 11 is 0. The first-order valence-corrected chi connectivity index (χ1v) is 13.7. The second kappa shape index (κ2) is 6.85. The molecule has 1 nitrogen and oxygen atoms in total. The van der Waals surface area contributed by atoms with E-state index in [2.05, 4.69) is 131 Å². The van der Waals surface area contributed by atoms with Crippen LogP contribution >= 0.6 is 0 Å². The second-order valence-electron chi connectivity index (χ2n) is 12.1. The Morgan fingerprint density at radius 3 is 1.97 bits per heavy atom. The third kappa shape index (κ3) is 2.27. The van der Waals surface area contributed by atoms with E-state index >= 15 is 0 Å². The minimum absolute atomic E-state index is 0.0489. The first kappa shape index (κ1) is 21.9. The molecule has 0 fully saturated rings. The van der Waals surface area contributed by atoms with Crippen molar-refractivity contribution in [2.24, 2.45) is 0 Å². The van der Waals surface area contributed by atoms with Crippen molar-refractivity contribution in [3.05, 3.63) is 119 Å². The summed E-state index contributed by atoms with van der Waals surface area (Å²) in [5.74, 6) is 0. The molecule has 4 aromatic carbocycles. The molecule has 0 N–H and O–H groups in total. The maximum absolute atomic E-state index is 4.22. The number of hydrogen-bond donors (Lipinski definition) is 0. The highest BCUT2D eigenvalue weighted by Gasteiger charge is 2.40. The van der Waals surface area contributed by atoms with Crippen LogP contribution in [0.15, 0.2) is 97.1 Å². The van der Waals surface area contributed by atoms with Crippen molar-refractivity contribution < 1.29 is 0 Å². The number of hydrogen-bond acceptors (Lipinski definition) is 0. The molecular formula is C37H31N. The Hall–Kier alpha value is -4.10. The molecule has 0 aliphatic heterocycles. The van der Waals surface area contributed by atoms with E-state index in [1.54, 1.807) is 0 Å². The average Bonchev–Trinajstić information content (AvgIpc) is 3.56. The largest absolute Gasteiger partial charge is 0.308 e. The summed E-state index contributed by atoms with van der Waals surface area (Å²) in [6.45, 7) is 15.8. The van der Waals surface area contributed by atoms with Gasteiger partial charge in [-0.25, -0.2) is 0 Å². The van der Waals surface area contributed by atoms with Crippen molar-refractivity contribution in [1.29, 1.82) is 0 Å². The van der Waals surface area contributed by atoms with E-state index in [9.17, 15) is 0 Å². The van der Waals surface area contributed by atoms with Gasteiger partial charge in [0.1, 0.15) is 0 Å². The summed E-state index contributed by atoms with van der Waals surface area (Å²) in [7, 11) is 0. The van der Waals surface area contributed by atoms with Gasteiger partial charge in [-0.3, -0.25) is 0 Å². The van der Waals surface area contributed by atoms with Crippen molar-refractivity contribution in [2.45, 2.75) is 45.4 Å². The highest BCUT2D eigenvalue weighted by molar-refractivity contribution is 6.26. The normalized spacial score (nSPS) is 17.4. The van der Waals surface area contributed by atoms with Gasteiger partial charge in [0, 0.05) is 32.4 Å². The molecule has 2 heterocycles. The standard InChI is InChI=1S/C37H31N/c1-7-12-21-23-17-19-29-31(33(23)36(3,4)27(21)8-2)25-14-11-15-26-32-30(38(29)35(25)26)20-18-24-22-13-9-10-16-28(22)37(5,6)34(24)32/h7-20H,2H2,1,3-6H3/b12-7-. The SMILES string of the molecule is C=CC1=C(/C=C\C)c2ccc3c(c2C1(C)C)c1cccc2c4c5c(ccc4n3c12)-c1ccccc1C5(C)C. The van der Waals surface area contributed by atoms with E-state index in [1.165, 1.54) is 82.6 Å². The fourth-order valence-corrected chi connectivity index (χ4v) is 8.13. The Morgan fingerprint density at radius 2 is 1.32 bits per heavy atom. The number of benzene rings is 4. The molecule has 0 unspecified atom stereocenters. The molecule has 2 aliphatic rings. The number of allylic oxidation sites excluding steroid dienone is 5. The molecule has 6 aromatic rings. The van der Waals surface area contributed by atoms with Crippen molar-refractivity contribution in [3.8, 4) is 11.1 Å². The van der Waals surface area contributed by atoms with Crippen LogP contribution < -0.4 is 0 Å². The molecule has 2 aromatic heterocycles. The van der Waals surface area contributed by atoms with Gasteiger partial charge in [0.05, 0.1) is 16.6 Å². The predicted octanol–water partition coefficient (Wildman–Crippen LogP) is 9.95. The molecule has 0 bridgehead atoms. The van der Waals surface area contributed by atoms with Crippen LogP contribution in [0.5, 0.6) is 0 Å². The number of aromatic nitrogens is 1. The Balaban J connectivity index is 1.56. The number of para-hydroxylation sites is 1. The van der Waals surface area contributed by atoms with Crippen LogP contribution in [0.1, 0.15) is 56.9 Å². The van der Waals surface area contributed by atoms with E-state index in [4.69, 9.17) is 0 Å². The van der Waals surface area contributed by atoms with Crippen LogP contribution in [0, 0.1) is 0 Å². The van der Waals surface area contributed by atoms with Crippen LogP contribution in [-0.2, 0) is 10.8 Å².